The van der Waals surface area contributed by atoms with E-state index in [0.29, 0.717) is 11.5 Å². The van der Waals surface area contributed by atoms with Crippen molar-refractivity contribution < 1.29 is 4.74 Å². The highest BCUT2D eigenvalue weighted by atomic mass is 16.5. The number of fused-ring (bicyclic) bond motifs is 1. The van der Waals surface area contributed by atoms with Gasteiger partial charge in [0, 0.05) is 19.7 Å². The summed E-state index contributed by atoms with van der Waals surface area (Å²) >= 11 is 0. The van der Waals surface area contributed by atoms with E-state index in [1.54, 1.807) is 0 Å². The summed E-state index contributed by atoms with van der Waals surface area (Å²) in [4.78, 5) is 0. The molecule has 2 heteroatoms. The summed E-state index contributed by atoms with van der Waals surface area (Å²) in [6.45, 7) is 10.1. The van der Waals surface area contributed by atoms with Crippen LogP contribution in [0.5, 0.6) is 0 Å². The minimum absolute atomic E-state index is 0.0393. The number of ether oxygens (including phenoxy) is 1. The average Bonchev–Trinajstić information content (AvgIpc) is 2.93. The van der Waals surface area contributed by atoms with Crippen molar-refractivity contribution >= 4 is 0 Å². The molecule has 2 unspecified atom stereocenters. The molecule has 18 heavy (non-hydrogen) atoms. The van der Waals surface area contributed by atoms with E-state index in [4.69, 9.17) is 4.74 Å². The molecule has 2 aliphatic rings. The molecule has 0 aromatic rings. The van der Waals surface area contributed by atoms with Crippen LogP contribution in [-0.2, 0) is 4.74 Å². The standard InChI is InChI=1S/C16H31NO/c1-12(2)17-11-16(7-6-15(3,4)18-5)9-13-8-14(13)10-16/h12-14,17H,6-11H2,1-5H3. The van der Waals surface area contributed by atoms with E-state index in [9.17, 15) is 0 Å². The van der Waals surface area contributed by atoms with Crippen LogP contribution < -0.4 is 5.32 Å². The van der Waals surface area contributed by atoms with Gasteiger partial charge in [0.2, 0.25) is 0 Å². The molecule has 0 aliphatic heterocycles. The summed E-state index contributed by atoms with van der Waals surface area (Å²) in [7, 11) is 1.84. The molecule has 106 valence electrons. The molecule has 2 saturated carbocycles. The van der Waals surface area contributed by atoms with Crippen LogP contribution in [0.25, 0.3) is 0 Å². The van der Waals surface area contributed by atoms with Crippen LogP contribution >= 0.6 is 0 Å². The van der Waals surface area contributed by atoms with Gasteiger partial charge in [-0.2, -0.15) is 0 Å². The minimum atomic E-state index is 0.0393. The van der Waals surface area contributed by atoms with Crippen molar-refractivity contribution in [2.45, 2.75) is 71.4 Å². The second-order valence-electron chi connectivity index (χ2n) is 7.66. The summed E-state index contributed by atoms with van der Waals surface area (Å²) in [5.74, 6) is 2.12. The fourth-order valence-electron chi connectivity index (χ4n) is 3.53. The third kappa shape index (κ3) is 3.48. The van der Waals surface area contributed by atoms with Gasteiger partial charge < -0.3 is 10.1 Å². The number of hydrogen-bond acceptors (Lipinski definition) is 2. The van der Waals surface area contributed by atoms with Crippen LogP contribution in [0.4, 0.5) is 0 Å². The van der Waals surface area contributed by atoms with Crippen LogP contribution in [0.3, 0.4) is 0 Å². The van der Waals surface area contributed by atoms with Crippen LogP contribution in [0.15, 0.2) is 0 Å². The Morgan fingerprint density at radius 1 is 1.28 bits per heavy atom. The smallest absolute Gasteiger partial charge is 0.0623 e. The van der Waals surface area contributed by atoms with Crippen molar-refractivity contribution in [3.8, 4) is 0 Å². The van der Waals surface area contributed by atoms with Crippen molar-refractivity contribution in [3.63, 3.8) is 0 Å². The molecule has 0 aromatic heterocycles. The molecule has 0 aromatic carbocycles. The fourth-order valence-corrected chi connectivity index (χ4v) is 3.53. The molecule has 0 radical (unpaired) electrons. The Balaban J connectivity index is 1.89. The highest BCUT2D eigenvalue weighted by Gasteiger charge is 2.53. The van der Waals surface area contributed by atoms with Crippen molar-refractivity contribution in [3.05, 3.63) is 0 Å². The maximum atomic E-state index is 5.59. The van der Waals surface area contributed by atoms with Gasteiger partial charge in [0.1, 0.15) is 0 Å². The molecule has 0 saturated heterocycles. The Hall–Kier alpha value is -0.0800. The van der Waals surface area contributed by atoms with Crippen molar-refractivity contribution in [2.24, 2.45) is 17.3 Å². The monoisotopic (exact) mass is 253 g/mol. The zero-order valence-electron chi connectivity index (χ0n) is 12.9. The van der Waals surface area contributed by atoms with E-state index in [1.165, 1.54) is 38.6 Å². The van der Waals surface area contributed by atoms with Gasteiger partial charge in [-0.3, -0.25) is 0 Å². The van der Waals surface area contributed by atoms with Gasteiger partial charge in [0.05, 0.1) is 5.60 Å². The van der Waals surface area contributed by atoms with Crippen LogP contribution in [0.1, 0.15) is 59.8 Å². The van der Waals surface area contributed by atoms with Crippen LogP contribution in [0, 0.1) is 17.3 Å². The van der Waals surface area contributed by atoms with E-state index in [0.717, 1.165) is 11.8 Å². The fraction of sp³-hybridized carbons (Fsp3) is 1.00. The number of methoxy groups -OCH3 is 1. The lowest BCUT2D eigenvalue weighted by molar-refractivity contribution is 0.00243. The largest absolute Gasteiger partial charge is 0.379 e. The third-order valence-corrected chi connectivity index (χ3v) is 5.15. The van der Waals surface area contributed by atoms with Crippen LogP contribution in [-0.4, -0.2) is 25.3 Å². The van der Waals surface area contributed by atoms with Gasteiger partial charge in [0.15, 0.2) is 0 Å². The molecule has 1 N–H and O–H groups in total. The highest BCUT2D eigenvalue weighted by molar-refractivity contribution is 5.04. The molecule has 2 atom stereocenters. The predicted molar refractivity (Wildman–Crippen MR) is 76.7 cm³/mol. The molecule has 0 heterocycles. The Morgan fingerprint density at radius 3 is 2.39 bits per heavy atom. The third-order valence-electron chi connectivity index (χ3n) is 5.15. The minimum Gasteiger partial charge on any atom is -0.379 e. The number of rotatable bonds is 7. The van der Waals surface area contributed by atoms with E-state index >= 15 is 0 Å². The first-order chi connectivity index (χ1) is 8.36. The van der Waals surface area contributed by atoms with Crippen molar-refractivity contribution in [1.82, 2.24) is 5.32 Å². The zero-order valence-corrected chi connectivity index (χ0v) is 12.9. The highest BCUT2D eigenvalue weighted by Crippen LogP contribution is 2.61. The lowest BCUT2D eigenvalue weighted by Crippen LogP contribution is -2.38. The summed E-state index contributed by atoms with van der Waals surface area (Å²) in [6.07, 6.45) is 6.93. The summed E-state index contributed by atoms with van der Waals surface area (Å²) < 4.78 is 5.59. The molecule has 2 rings (SSSR count). The van der Waals surface area contributed by atoms with Gasteiger partial charge >= 0.3 is 0 Å². The predicted octanol–water partition coefficient (Wildman–Crippen LogP) is 3.61. The molecule has 0 amide bonds. The first kappa shape index (κ1) is 14.3. The van der Waals surface area contributed by atoms with Gasteiger partial charge in [0.25, 0.3) is 0 Å². The van der Waals surface area contributed by atoms with Gasteiger partial charge in [-0.25, -0.2) is 0 Å². The Labute approximate surface area is 113 Å². The maximum Gasteiger partial charge on any atom is 0.0623 e. The molecule has 0 bridgehead atoms. The maximum absolute atomic E-state index is 5.59. The second-order valence-corrected chi connectivity index (χ2v) is 7.66. The molecule has 2 aliphatic carbocycles. The topological polar surface area (TPSA) is 21.3 Å². The van der Waals surface area contributed by atoms with Crippen molar-refractivity contribution in [2.75, 3.05) is 13.7 Å². The quantitative estimate of drug-likeness (QED) is 0.748. The molecule has 2 fully saturated rings. The normalized spacial score (nSPS) is 35.0. The molecular formula is C16H31NO. The first-order valence-corrected chi connectivity index (χ1v) is 7.64. The molecule has 2 nitrogen and oxygen atoms in total. The average molecular weight is 253 g/mol. The Bertz CT molecular complexity index is 275. The van der Waals surface area contributed by atoms with E-state index < -0.39 is 0 Å². The Kier molecular flexibility index (Phi) is 4.08. The molecule has 0 spiro atoms. The SMILES string of the molecule is COC(C)(C)CCC1(CNC(C)C)CC2CC2C1. The van der Waals surface area contributed by atoms with E-state index in [2.05, 4.69) is 33.0 Å². The zero-order chi connectivity index (χ0) is 13.4. The lowest BCUT2D eigenvalue weighted by atomic mass is 9.76. The Morgan fingerprint density at radius 2 is 1.89 bits per heavy atom. The van der Waals surface area contributed by atoms with Crippen molar-refractivity contribution in [1.29, 1.82) is 0 Å². The second kappa shape index (κ2) is 5.13. The van der Waals surface area contributed by atoms with Gasteiger partial charge in [-0.1, -0.05) is 13.8 Å². The lowest BCUT2D eigenvalue weighted by Gasteiger charge is -2.35. The van der Waals surface area contributed by atoms with Gasteiger partial charge in [-0.15, -0.1) is 0 Å². The summed E-state index contributed by atoms with van der Waals surface area (Å²) in [5.41, 5.74) is 0.602. The van der Waals surface area contributed by atoms with Crippen LogP contribution in [0.2, 0.25) is 0 Å². The molecular weight excluding hydrogens is 222 g/mol. The summed E-state index contributed by atoms with van der Waals surface area (Å²) in [5, 5.41) is 3.68. The van der Waals surface area contributed by atoms with Gasteiger partial charge in [-0.05, 0) is 63.2 Å². The van der Waals surface area contributed by atoms with E-state index in [-0.39, 0.29) is 5.60 Å². The number of hydrogen-bond donors (Lipinski definition) is 1. The van der Waals surface area contributed by atoms with E-state index in [1.807, 2.05) is 7.11 Å². The summed E-state index contributed by atoms with van der Waals surface area (Å²) in [6, 6.07) is 0.606. The first-order valence-electron chi connectivity index (χ1n) is 7.64. The number of nitrogens with one attached hydrogen (secondary N) is 1.